The van der Waals surface area contributed by atoms with Crippen LogP contribution in [0.15, 0.2) is 4.90 Å². The number of rotatable bonds is 7. The van der Waals surface area contributed by atoms with E-state index in [0.717, 1.165) is 0 Å². The summed E-state index contributed by atoms with van der Waals surface area (Å²) in [5.74, 6) is -0.752. The lowest BCUT2D eigenvalue weighted by atomic mass is 10.3. The summed E-state index contributed by atoms with van der Waals surface area (Å²) in [6, 6.07) is -0.240. The van der Waals surface area contributed by atoms with Gasteiger partial charge in [-0.15, -0.1) is 0 Å². The van der Waals surface area contributed by atoms with Crippen LogP contribution in [0.1, 0.15) is 29.5 Å². The van der Waals surface area contributed by atoms with E-state index in [1.165, 1.54) is 18.7 Å². The Morgan fingerprint density at radius 1 is 1.58 bits per heavy atom. The molecule has 19 heavy (non-hydrogen) atoms. The zero-order valence-corrected chi connectivity index (χ0v) is 12.6. The molecule has 0 aliphatic rings. The average molecular weight is 307 g/mol. The second-order valence-corrected chi connectivity index (χ2v) is 6.57. The Balaban J connectivity index is 3.13. The maximum absolute atomic E-state index is 12.2. The maximum Gasteiger partial charge on any atom is 0.357 e. The van der Waals surface area contributed by atoms with Crippen molar-refractivity contribution in [3.63, 3.8) is 0 Å². The van der Waals surface area contributed by atoms with Crippen LogP contribution in [0, 0.1) is 6.92 Å². The number of nitrogens with one attached hydrogen (secondary N) is 2. The molecule has 108 valence electrons. The third-order valence-electron chi connectivity index (χ3n) is 2.54. The monoisotopic (exact) mass is 307 g/mol. The number of aromatic nitrogens is 2. The number of sulfonamides is 1. The van der Waals surface area contributed by atoms with Crippen LogP contribution in [-0.4, -0.2) is 47.7 Å². The maximum atomic E-state index is 12.2. The minimum atomic E-state index is -3.89. The molecule has 0 bridgehead atoms. The van der Waals surface area contributed by atoms with Crippen molar-refractivity contribution in [3.05, 3.63) is 11.4 Å². The Morgan fingerprint density at radius 3 is 2.68 bits per heavy atom. The van der Waals surface area contributed by atoms with Gasteiger partial charge >= 0.3 is 5.97 Å². The van der Waals surface area contributed by atoms with Crippen molar-refractivity contribution in [1.82, 2.24) is 14.9 Å². The Labute approximate surface area is 116 Å². The summed E-state index contributed by atoms with van der Waals surface area (Å²) in [4.78, 5) is 10.7. The fourth-order valence-electron chi connectivity index (χ4n) is 1.61. The number of aryl methyl sites for hydroxylation is 1. The Kier molecular flexibility index (Phi) is 5.39. The molecule has 0 saturated carbocycles. The molecule has 0 saturated heterocycles. The van der Waals surface area contributed by atoms with Gasteiger partial charge in [0.1, 0.15) is 4.90 Å². The van der Waals surface area contributed by atoms with Crippen molar-refractivity contribution in [2.45, 2.75) is 31.2 Å². The predicted molar refractivity (Wildman–Crippen MR) is 73.1 cm³/mol. The number of H-pyrrole nitrogens is 1. The highest BCUT2D eigenvalue weighted by Gasteiger charge is 2.29. The van der Waals surface area contributed by atoms with Gasteiger partial charge in [-0.1, -0.05) is 6.92 Å². The van der Waals surface area contributed by atoms with Crippen LogP contribution in [-0.2, 0) is 10.0 Å². The third kappa shape index (κ3) is 3.71. The van der Waals surface area contributed by atoms with Gasteiger partial charge in [-0.25, -0.2) is 17.9 Å². The second kappa shape index (κ2) is 6.40. The molecule has 0 aromatic carbocycles. The van der Waals surface area contributed by atoms with Gasteiger partial charge in [-0.05, 0) is 19.6 Å². The van der Waals surface area contributed by atoms with Crippen molar-refractivity contribution in [2.75, 3.05) is 12.0 Å². The number of nitrogens with zero attached hydrogens (tertiary/aromatic N) is 1. The minimum absolute atomic E-state index is 0.212. The summed E-state index contributed by atoms with van der Waals surface area (Å²) in [6.45, 7) is 3.34. The van der Waals surface area contributed by atoms with E-state index >= 15 is 0 Å². The molecule has 7 nitrogen and oxygen atoms in total. The van der Waals surface area contributed by atoms with Gasteiger partial charge in [0.2, 0.25) is 10.0 Å². The van der Waals surface area contributed by atoms with Crippen molar-refractivity contribution in [1.29, 1.82) is 0 Å². The number of carbonyl (C=O) groups is 1. The fraction of sp³-hybridized carbons (Fsp3) is 0.600. The molecule has 0 aliphatic carbocycles. The number of hydrogen-bond donors (Lipinski definition) is 3. The lowest BCUT2D eigenvalue weighted by Crippen LogP contribution is -2.36. The number of hydrogen-bond acceptors (Lipinski definition) is 5. The molecule has 1 unspecified atom stereocenters. The fourth-order valence-corrected chi connectivity index (χ4v) is 4.08. The molecule has 1 rings (SSSR count). The van der Waals surface area contributed by atoms with Crippen molar-refractivity contribution < 1.29 is 18.3 Å². The Morgan fingerprint density at radius 2 is 2.21 bits per heavy atom. The summed E-state index contributed by atoms with van der Waals surface area (Å²) in [7, 11) is -3.89. The van der Waals surface area contributed by atoms with Gasteiger partial charge in [0.15, 0.2) is 5.69 Å². The molecule has 3 N–H and O–H groups in total. The molecular weight excluding hydrogens is 290 g/mol. The van der Waals surface area contributed by atoms with Crippen LogP contribution in [0.3, 0.4) is 0 Å². The van der Waals surface area contributed by atoms with Gasteiger partial charge in [-0.2, -0.15) is 16.9 Å². The zero-order valence-electron chi connectivity index (χ0n) is 10.9. The Bertz CT molecular complexity index is 553. The highest BCUT2D eigenvalue weighted by molar-refractivity contribution is 7.98. The van der Waals surface area contributed by atoms with Crippen LogP contribution in [0.2, 0.25) is 0 Å². The van der Waals surface area contributed by atoms with E-state index < -0.39 is 21.7 Å². The molecule has 1 aromatic heterocycles. The number of carboxylic acids is 1. The average Bonchev–Trinajstić information content (AvgIpc) is 2.71. The number of aromatic amines is 1. The van der Waals surface area contributed by atoms with Crippen LogP contribution < -0.4 is 4.72 Å². The smallest absolute Gasteiger partial charge is 0.357 e. The quantitative estimate of drug-likeness (QED) is 0.688. The zero-order chi connectivity index (χ0) is 14.6. The van der Waals surface area contributed by atoms with Crippen LogP contribution in [0.5, 0.6) is 0 Å². The SMILES string of the molecule is CCC(CSC)NS(=O)(=O)c1c(C(=O)O)n[nH]c1C. The highest BCUT2D eigenvalue weighted by Crippen LogP contribution is 2.18. The van der Waals surface area contributed by atoms with Crippen LogP contribution >= 0.6 is 11.8 Å². The number of aromatic carboxylic acids is 1. The van der Waals surface area contributed by atoms with Gasteiger partial charge < -0.3 is 5.11 Å². The van der Waals surface area contributed by atoms with E-state index in [2.05, 4.69) is 14.9 Å². The van der Waals surface area contributed by atoms with Crippen LogP contribution in [0.25, 0.3) is 0 Å². The molecule has 9 heteroatoms. The number of carboxylic acid groups (broad SMARTS) is 1. The first-order valence-corrected chi connectivity index (χ1v) is 8.50. The van der Waals surface area contributed by atoms with Crippen molar-refractivity contribution in [2.24, 2.45) is 0 Å². The van der Waals surface area contributed by atoms with E-state index in [4.69, 9.17) is 5.11 Å². The van der Waals surface area contributed by atoms with Gasteiger partial charge in [0, 0.05) is 11.8 Å². The molecule has 1 heterocycles. The van der Waals surface area contributed by atoms with Crippen molar-refractivity contribution >= 4 is 27.8 Å². The predicted octanol–water partition coefficient (Wildman–Crippen LogP) is 0.836. The first-order chi connectivity index (χ1) is 8.83. The molecule has 0 radical (unpaired) electrons. The van der Waals surface area contributed by atoms with E-state index in [1.54, 1.807) is 0 Å². The molecule has 0 fully saturated rings. The summed E-state index contributed by atoms with van der Waals surface area (Å²) < 4.78 is 27.0. The van der Waals surface area contributed by atoms with Gasteiger partial charge in [0.05, 0.1) is 5.69 Å². The topological polar surface area (TPSA) is 112 Å². The second-order valence-electron chi connectivity index (χ2n) is 4.01. The van der Waals surface area contributed by atoms with E-state index in [1.807, 2.05) is 13.2 Å². The first-order valence-electron chi connectivity index (χ1n) is 5.63. The molecule has 1 atom stereocenters. The standard InChI is InChI=1S/C10H17N3O4S2/c1-4-7(5-18-3)13-19(16,17)9-6(2)11-12-8(9)10(14)15/h7,13H,4-5H2,1-3H3,(H,11,12)(H,14,15). The number of thioether (sulfide) groups is 1. The van der Waals surface area contributed by atoms with E-state index in [9.17, 15) is 13.2 Å². The Hall–Kier alpha value is -1.06. The third-order valence-corrected chi connectivity index (χ3v) is 4.96. The lowest BCUT2D eigenvalue weighted by Gasteiger charge is -2.15. The first kappa shape index (κ1) is 16.0. The summed E-state index contributed by atoms with van der Waals surface area (Å²) >= 11 is 1.52. The molecule has 0 aliphatic heterocycles. The summed E-state index contributed by atoms with van der Waals surface area (Å²) in [5, 5.41) is 14.9. The summed E-state index contributed by atoms with van der Waals surface area (Å²) in [5.41, 5.74) is -0.270. The van der Waals surface area contributed by atoms with E-state index in [-0.39, 0.29) is 16.6 Å². The lowest BCUT2D eigenvalue weighted by molar-refractivity contribution is 0.0686. The van der Waals surface area contributed by atoms with Crippen molar-refractivity contribution in [3.8, 4) is 0 Å². The highest BCUT2D eigenvalue weighted by atomic mass is 32.2. The normalized spacial score (nSPS) is 13.4. The molecule has 0 spiro atoms. The molecule has 0 amide bonds. The van der Waals surface area contributed by atoms with Gasteiger partial charge in [0.25, 0.3) is 0 Å². The summed E-state index contributed by atoms with van der Waals surface area (Å²) in [6.07, 6.45) is 2.50. The van der Waals surface area contributed by atoms with Gasteiger partial charge in [-0.3, -0.25) is 5.10 Å². The van der Waals surface area contributed by atoms with Crippen LogP contribution in [0.4, 0.5) is 0 Å². The van der Waals surface area contributed by atoms with E-state index in [0.29, 0.717) is 12.2 Å². The largest absolute Gasteiger partial charge is 0.476 e. The molecule has 1 aromatic rings. The minimum Gasteiger partial charge on any atom is -0.476 e. The molecular formula is C10H17N3O4S2.